The van der Waals surface area contributed by atoms with Crippen LogP contribution in [0.25, 0.3) is 0 Å². The zero-order chi connectivity index (χ0) is 14.5. The second-order valence-electron chi connectivity index (χ2n) is 4.31. The highest BCUT2D eigenvalue weighted by molar-refractivity contribution is 6.41. The molecule has 0 radical (unpaired) electrons. The molecular formula is C14H16FNO4. The van der Waals surface area contributed by atoms with Gasteiger partial charge in [0, 0.05) is 13.1 Å². The predicted molar refractivity (Wildman–Crippen MR) is 70.4 cm³/mol. The molecule has 1 aromatic rings. The Morgan fingerprint density at radius 3 is 2.70 bits per heavy atom. The number of anilines is 1. The van der Waals surface area contributed by atoms with Crippen LogP contribution in [0.4, 0.5) is 10.1 Å². The van der Waals surface area contributed by atoms with Gasteiger partial charge in [-0.15, -0.1) is 0 Å². The standard InChI is InChI=1S/C14H16FNO4/c1-2-20-14(18)13(17)11-4-3-10(15)9-12(11)16-5-7-19-8-6-16/h3-4,9H,2,5-8H2,1H3. The first kappa shape index (κ1) is 14.5. The molecule has 20 heavy (non-hydrogen) atoms. The van der Waals surface area contributed by atoms with E-state index in [9.17, 15) is 14.0 Å². The van der Waals surface area contributed by atoms with Gasteiger partial charge in [0.05, 0.1) is 31.1 Å². The van der Waals surface area contributed by atoms with Gasteiger partial charge in [0.25, 0.3) is 5.78 Å². The molecule has 0 aliphatic carbocycles. The van der Waals surface area contributed by atoms with Gasteiger partial charge in [-0.05, 0) is 25.1 Å². The lowest BCUT2D eigenvalue weighted by Gasteiger charge is -2.30. The van der Waals surface area contributed by atoms with Crippen molar-refractivity contribution in [2.24, 2.45) is 0 Å². The minimum Gasteiger partial charge on any atom is -0.460 e. The number of ketones is 1. The quantitative estimate of drug-likeness (QED) is 0.474. The summed E-state index contributed by atoms with van der Waals surface area (Å²) in [4.78, 5) is 25.4. The molecule has 0 unspecified atom stereocenters. The molecule has 108 valence electrons. The number of Topliss-reactive ketones (excluding diaryl/α,β-unsaturated/α-hetero) is 1. The number of carbonyl (C=O) groups excluding carboxylic acids is 2. The largest absolute Gasteiger partial charge is 0.460 e. The highest BCUT2D eigenvalue weighted by atomic mass is 19.1. The van der Waals surface area contributed by atoms with Gasteiger partial charge in [0.15, 0.2) is 0 Å². The van der Waals surface area contributed by atoms with Crippen molar-refractivity contribution in [3.63, 3.8) is 0 Å². The van der Waals surface area contributed by atoms with E-state index in [2.05, 4.69) is 0 Å². The van der Waals surface area contributed by atoms with E-state index in [1.165, 1.54) is 12.1 Å². The van der Waals surface area contributed by atoms with Crippen molar-refractivity contribution in [2.75, 3.05) is 37.8 Å². The van der Waals surface area contributed by atoms with Gasteiger partial charge in [-0.3, -0.25) is 4.79 Å². The van der Waals surface area contributed by atoms with Crippen LogP contribution >= 0.6 is 0 Å². The van der Waals surface area contributed by atoms with Gasteiger partial charge in [-0.1, -0.05) is 0 Å². The summed E-state index contributed by atoms with van der Waals surface area (Å²) in [6.45, 7) is 3.85. The molecule has 0 atom stereocenters. The Balaban J connectivity index is 2.32. The fraction of sp³-hybridized carbons (Fsp3) is 0.429. The molecule has 1 aliphatic heterocycles. The van der Waals surface area contributed by atoms with Crippen LogP contribution in [0.5, 0.6) is 0 Å². The Bertz CT molecular complexity index is 512. The van der Waals surface area contributed by atoms with E-state index in [-0.39, 0.29) is 12.2 Å². The van der Waals surface area contributed by atoms with Crippen LogP contribution in [0.1, 0.15) is 17.3 Å². The van der Waals surface area contributed by atoms with E-state index >= 15 is 0 Å². The van der Waals surface area contributed by atoms with E-state index in [1.807, 2.05) is 4.90 Å². The molecule has 0 spiro atoms. The first-order valence-electron chi connectivity index (χ1n) is 6.47. The Morgan fingerprint density at radius 1 is 1.35 bits per heavy atom. The third kappa shape index (κ3) is 3.14. The summed E-state index contributed by atoms with van der Waals surface area (Å²) in [5.74, 6) is -2.13. The molecule has 1 aromatic carbocycles. The number of ether oxygens (including phenoxy) is 2. The third-order valence-electron chi connectivity index (χ3n) is 3.02. The van der Waals surface area contributed by atoms with Crippen LogP contribution in [-0.2, 0) is 14.3 Å². The number of hydrogen-bond donors (Lipinski definition) is 0. The van der Waals surface area contributed by atoms with Crippen LogP contribution in [0.15, 0.2) is 18.2 Å². The molecule has 0 N–H and O–H groups in total. The minimum atomic E-state index is -0.923. The maximum atomic E-state index is 13.4. The predicted octanol–water partition coefficient (Wildman–Crippen LogP) is 1.41. The summed E-state index contributed by atoms with van der Waals surface area (Å²) in [6, 6.07) is 3.74. The van der Waals surface area contributed by atoms with E-state index in [4.69, 9.17) is 9.47 Å². The van der Waals surface area contributed by atoms with E-state index in [0.717, 1.165) is 6.07 Å². The molecule has 0 saturated carbocycles. The summed E-state index contributed by atoms with van der Waals surface area (Å²) < 4.78 is 23.4. The van der Waals surface area contributed by atoms with Gasteiger partial charge in [0.1, 0.15) is 5.82 Å². The molecule has 2 rings (SSSR count). The normalized spacial score (nSPS) is 15.0. The molecule has 1 heterocycles. The van der Waals surface area contributed by atoms with Crippen LogP contribution < -0.4 is 4.90 Å². The SMILES string of the molecule is CCOC(=O)C(=O)c1ccc(F)cc1N1CCOCC1. The molecule has 1 saturated heterocycles. The second-order valence-corrected chi connectivity index (χ2v) is 4.31. The smallest absolute Gasteiger partial charge is 0.379 e. The maximum Gasteiger partial charge on any atom is 0.379 e. The number of halogens is 1. The lowest BCUT2D eigenvalue weighted by molar-refractivity contribution is -0.137. The Kier molecular flexibility index (Phi) is 4.68. The molecular weight excluding hydrogens is 265 g/mol. The van der Waals surface area contributed by atoms with Crippen molar-refractivity contribution >= 4 is 17.4 Å². The zero-order valence-electron chi connectivity index (χ0n) is 11.2. The molecule has 0 amide bonds. The van der Waals surface area contributed by atoms with Crippen LogP contribution in [-0.4, -0.2) is 44.7 Å². The summed E-state index contributed by atoms with van der Waals surface area (Å²) >= 11 is 0. The first-order valence-corrected chi connectivity index (χ1v) is 6.47. The van der Waals surface area contributed by atoms with Gasteiger partial charge in [-0.2, -0.15) is 0 Å². The topological polar surface area (TPSA) is 55.8 Å². The van der Waals surface area contributed by atoms with Gasteiger partial charge in [0.2, 0.25) is 0 Å². The van der Waals surface area contributed by atoms with Crippen molar-refractivity contribution in [3.8, 4) is 0 Å². The second kappa shape index (κ2) is 6.47. The molecule has 6 heteroatoms. The number of carbonyl (C=O) groups is 2. The highest BCUT2D eigenvalue weighted by Crippen LogP contribution is 2.24. The Hall–Kier alpha value is -1.95. The molecule has 0 bridgehead atoms. The van der Waals surface area contributed by atoms with Crippen molar-refractivity contribution in [1.29, 1.82) is 0 Å². The Labute approximate surface area is 116 Å². The fourth-order valence-electron chi connectivity index (χ4n) is 2.07. The lowest BCUT2D eigenvalue weighted by atomic mass is 10.1. The van der Waals surface area contributed by atoms with Gasteiger partial charge >= 0.3 is 5.97 Å². The van der Waals surface area contributed by atoms with E-state index < -0.39 is 17.6 Å². The maximum absolute atomic E-state index is 13.4. The fourth-order valence-corrected chi connectivity index (χ4v) is 2.07. The number of morpholine rings is 1. The number of benzene rings is 1. The number of nitrogens with zero attached hydrogens (tertiary/aromatic N) is 1. The first-order chi connectivity index (χ1) is 9.63. The highest BCUT2D eigenvalue weighted by Gasteiger charge is 2.24. The van der Waals surface area contributed by atoms with Crippen molar-refractivity contribution in [1.82, 2.24) is 0 Å². The average molecular weight is 281 g/mol. The van der Waals surface area contributed by atoms with Gasteiger partial charge in [-0.25, -0.2) is 9.18 Å². The number of rotatable bonds is 4. The van der Waals surface area contributed by atoms with Crippen LogP contribution in [0.3, 0.4) is 0 Å². The summed E-state index contributed by atoms with van der Waals surface area (Å²) in [5.41, 5.74) is 0.568. The third-order valence-corrected chi connectivity index (χ3v) is 3.02. The van der Waals surface area contributed by atoms with Crippen molar-refractivity contribution < 1.29 is 23.5 Å². The van der Waals surface area contributed by atoms with Crippen molar-refractivity contribution in [3.05, 3.63) is 29.6 Å². The minimum absolute atomic E-state index is 0.124. The number of hydrogen-bond acceptors (Lipinski definition) is 5. The van der Waals surface area contributed by atoms with E-state index in [0.29, 0.717) is 32.0 Å². The van der Waals surface area contributed by atoms with E-state index in [1.54, 1.807) is 6.92 Å². The summed E-state index contributed by atoms with van der Waals surface area (Å²) in [7, 11) is 0. The van der Waals surface area contributed by atoms with Crippen LogP contribution in [0, 0.1) is 5.82 Å². The monoisotopic (exact) mass is 281 g/mol. The Morgan fingerprint density at radius 2 is 2.05 bits per heavy atom. The molecule has 1 aliphatic rings. The van der Waals surface area contributed by atoms with Gasteiger partial charge < -0.3 is 14.4 Å². The molecule has 5 nitrogen and oxygen atoms in total. The summed E-state index contributed by atoms with van der Waals surface area (Å²) in [6.07, 6.45) is 0. The number of esters is 1. The van der Waals surface area contributed by atoms with Crippen molar-refractivity contribution in [2.45, 2.75) is 6.92 Å². The lowest BCUT2D eigenvalue weighted by Crippen LogP contribution is -2.37. The molecule has 0 aromatic heterocycles. The summed E-state index contributed by atoms with van der Waals surface area (Å²) in [5, 5.41) is 0. The molecule has 1 fully saturated rings. The van der Waals surface area contributed by atoms with Crippen LogP contribution in [0.2, 0.25) is 0 Å². The average Bonchev–Trinajstić information content (AvgIpc) is 2.47. The zero-order valence-corrected chi connectivity index (χ0v) is 11.2.